The summed E-state index contributed by atoms with van der Waals surface area (Å²) in [7, 11) is 1.87. The molecule has 1 saturated heterocycles. The van der Waals surface area contributed by atoms with Crippen molar-refractivity contribution in [3.63, 3.8) is 0 Å². The normalized spacial score (nSPS) is 18.1. The van der Waals surface area contributed by atoms with Crippen molar-refractivity contribution in [1.29, 1.82) is 0 Å². The molecule has 0 spiro atoms. The summed E-state index contributed by atoms with van der Waals surface area (Å²) in [5.41, 5.74) is 2.70. The van der Waals surface area contributed by atoms with E-state index >= 15 is 0 Å². The number of hydrogen-bond acceptors (Lipinski definition) is 5. The van der Waals surface area contributed by atoms with Crippen molar-refractivity contribution in [3.05, 3.63) is 35.9 Å². The topological polar surface area (TPSA) is 80.4 Å². The molecule has 0 radical (unpaired) electrons. The van der Waals surface area contributed by atoms with Crippen LogP contribution in [0.1, 0.15) is 24.2 Å². The van der Waals surface area contributed by atoms with Gasteiger partial charge in [0.15, 0.2) is 5.82 Å². The number of nitrogens with one attached hydrogen (secondary N) is 1. The average Bonchev–Trinajstić information content (AvgIpc) is 3.11. The molecule has 130 valence electrons. The quantitative estimate of drug-likeness (QED) is 0.785. The lowest BCUT2D eigenvalue weighted by Gasteiger charge is -2.32. The van der Waals surface area contributed by atoms with Crippen LogP contribution in [0.15, 0.2) is 24.5 Å². The molecule has 25 heavy (non-hydrogen) atoms. The number of carbonyl (C=O) groups excluding carboxylic acids is 1. The standard InChI is InChI=1S/C17H21N7O/c1-11-9-14-16(18-6-8-24(14)21-11)19-13-5-4-7-23(17(13)25)15-10-12(2)20-22(15)3/h6,8-10,13H,4-5,7H2,1-3H3,(H,18,19). The predicted octanol–water partition coefficient (Wildman–Crippen LogP) is 1.69. The van der Waals surface area contributed by atoms with Crippen LogP contribution in [0.5, 0.6) is 0 Å². The van der Waals surface area contributed by atoms with E-state index in [1.807, 2.05) is 37.9 Å². The van der Waals surface area contributed by atoms with Gasteiger partial charge >= 0.3 is 0 Å². The molecule has 8 heteroatoms. The Morgan fingerprint density at radius 1 is 1.20 bits per heavy atom. The van der Waals surface area contributed by atoms with Crippen LogP contribution in [-0.4, -0.2) is 42.9 Å². The van der Waals surface area contributed by atoms with Gasteiger partial charge in [-0.3, -0.25) is 14.4 Å². The molecular formula is C17H21N7O. The third-order valence-electron chi connectivity index (χ3n) is 4.52. The van der Waals surface area contributed by atoms with Crippen LogP contribution in [0.2, 0.25) is 0 Å². The van der Waals surface area contributed by atoms with Crippen LogP contribution >= 0.6 is 0 Å². The Morgan fingerprint density at radius 2 is 2.00 bits per heavy atom. The summed E-state index contributed by atoms with van der Waals surface area (Å²) < 4.78 is 3.54. The molecule has 4 rings (SSSR count). The first-order valence-electron chi connectivity index (χ1n) is 8.42. The third-order valence-corrected chi connectivity index (χ3v) is 4.52. The molecule has 0 saturated carbocycles. The number of nitrogens with zero attached hydrogens (tertiary/aromatic N) is 6. The first-order chi connectivity index (χ1) is 12.0. The van der Waals surface area contributed by atoms with Crippen LogP contribution in [0.3, 0.4) is 0 Å². The molecule has 4 heterocycles. The van der Waals surface area contributed by atoms with Crippen molar-refractivity contribution in [3.8, 4) is 0 Å². The zero-order valence-corrected chi connectivity index (χ0v) is 14.6. The van der Waals surface area contributed by atoms with Crippen molar-refractivity contribution >= 4 is 23.1 Å². The minimum absolute atomic E-state index is 0.0503. The molecule has 1 atom stereocenters. The number of aromatic nitrogens is 5. The van der Waals surface area contributed by atoms with Gasteiger partial charge in [-0.1, -0.05) is 0 Å². The van der Waals surface area contributed by atoms with Crippen LogP contribution in [0, 0.1) is 13.8 Å². The molecule has 1 fully saturated rings. The number of carbonyl (C=O) groups is 1. The summed E-state index contributed by atoms with van der Waals surface area (Å²) in [6.07, 6.45) is 5.20. The van der Waals surface area contributed by atoms with E-state index in [4.69, 9.17) is 0 Å². The van der Waals surface area contributed by atoms with Crippen molar-refractivity contribution in [1.82, 2.24) is 24.4 Å². The monoisotopic (exact) mass is 339 g/mol. The second-order valence-electron chi connectivity index (χ2n) is 6.49. The van der Waals surface area contributed by atoms with Gasteiger partial charge in [0.05, 0.1) is 11.4 Å². The molecule has 1 aliphatic heterocycles. The molecule has 0 aromatic carbocycles. The first-order valence-corrected chi connectivity index (χ1v) is 8.42. The highest BCUT2D eigenvalue weighted by Crippen LogP contribution is 2.24. The second kappa shape index (κ2) is 5.87. The molecule has 1 aliphatic rings. The number of rotatable bonds is 3. The highest BCUT2D eigenvalue weighted by Gasteiger charge is 2.31. The third kappa shape index (κ3) is 2.73. The maximum Gasteiger partial charge on any atom is 0.250 e. The Balaban J connectivity index is 1.62. The molecule has 0 bridgehead atoms. The molecule has 0 aliphatic carbocycles. The summed E-state index contributed by atoms with van der Waals surface area (Å²) in [5.74, 6) is 1.57. The Hall–Kier alpha value is -2.90. The molecule has 1 N–H and O–H groups in total. The van der Waals surface area contributed by atoms with Gasteiger partial charge < -0.3 is 5.32 Å². The largest absolute Gasteiger partial charge is 0.357 e. The fraction of sp³-hybridized carbons (Fsp3) is 0.412. The maximum absolute atomic E-state index is 13.0. The molecule has 1 amide bonds. The smallest absolute Gasteiger partial charge is 0.250 e. The second-order valence-corrected chi connectivity index (χ2v) is 6.49. The molecular weight excluding hydrogens is 318 g/mol. The van der Waals surface area contributed by atoms with Crippen molar-refractivity contribution in [2.24, 2.45) is 7.05 Å². The number of anilines is 2. The summed E-state index contributed by atoms with van der Waals surface area (Å²) in [4.78, 5) is 19.2. The lowest BCUT2D eigenvalue weighted by atomic mass is 10.0. The molecule has 8 nitrogen and oxygen atoms in total. The Bertz CT molecular complexity index is 942. The van der Waals surface area contributed by atoms with Gasteiger partial charge in [-0.25, -0.2) is 9.50 Å². The highest BCUT2D eigenvalue weighted by molar-refractivity contribution is 5.99. The van der Waals surface area contributed by atoms with Gasteiger partial charge in [-0.2, -0.15) is 10.2 Å². The van der Waals surface area contributed by atoms with Crippen LogP contribution in [0.25, 0.3) is 5.52 Å². The predicted molar refractivity (Wildman–Crippen MR) is 94.7 cm³/mol. The van der Waals surface area contributed by atoms with E-state index in [0.29, 0.717) is 12.4 Å². The van der Waals surface area contributed by atoms with Crippen molar-refractivity contribution in [2.45, 2.75) is 32.7 Å². The van der Waals surface area contributed by atoms with E-state index in [0.717, 1.165) is 35.6 Å². The molecule has 1 unspecified atom stereocenters. The number of hydrogen-bond donors (Lipinski definition) is 1. The lowest BCUT2D eigenvalue weighted by Crippen LogP contribution is -2.48. The van der Waals surface area contributed by atoms with Gasteiger partial charge in [-0.05, 0) is 32.8 Å². The number of piperidine rings is 1. The van der Waals surface area contributed by atoms with Gasteiger partial charge in [0.1, 0.15) is 17.4 Å². The summed E-state index contributed by atoms with van der Waals surface area (Å²) >= 11 is 0. The number of aryl methyl sites for hydroxylation is 3. The zero-order valence-electron chi connectivity index (χ0n) is 14.6. The fourth-order valence-electron chi connectivity index (χ4n) is 3.41. The molecule has 3 aromatic rings. The first kappa shape index (κ1) is 15.6. The van der Waals surface area contributed by atoms with E-state index in [2.05, 4.69) is 20.5 Å². The van der Waals surface area contributed by atoms with E-state index in [9.17, 15) is 4.79 Å². The van der Waals surface area contributed by atoms with Crippen LogP contribution < -0.4 is 10.2 Å². The summed E-state index contributed by atoms with van der Waals surface area (Å²) in [5, 5.41) is 12.1. The van der Waals surface area contributed by atoms with E-state index in [-0.39, 0.29) is 11.9 Å². The van der Waals surface area contributed by atoms with Gasteiger partial charge in [-0.15, -0.1) is 0 Å². The Labute approximate surface area is 145 Å². The summed E-state index contributed by atoms with van der Waals surface area (Å²) in [6, 6.07) is 3.60. The van der Waals surface area contributed by atoms with Crippen molar-refractivity contribution in [2.75, 3.05) is 16.8 Å². The minimum atomic E-state index is -0.308. The zero-order chi connectivity index (χ0) is 17.6. The Morgan fingerprint density at radius 3 is 2.76 bits per heavy atom. The SMILES string of the molecule is Cc1cc(N2CCCC(Nc3nccn4nc(C)cc34)C2=O)n(C)n1. The maximum atomic E-state index is 13.0. The van der Waals surface area contributed by atoms with Gasteiger partial charge in [0.25, 0.3) is 5.91 Å². The van der Waals surface area contributed by atoms with Crippen LogP contribution in [0.4, 0.5) is 11.6 Å². The molecule has 3 aromatic heterocycles. The van der Waals surface area contributed by atoms with Crippen molar-refractivity contribution < 1.29 is 4.79 Å². The van der Waals surface area contributed by atoms with E-state index in [1.165, 1.54) is 0 Å². The number of fused-ring (bicyclic) bond motifs is 1. The lowest BCUT2D eigenvalue weighted by molar-refractivity contribution is -0.120. The Kier molecular flexibility index (Phi) is 3.67. The van der Waals surface area contributed by atoms with E-state index in [1.54, 1.807) is 21.6 Å². The number of amides is 1. The van der Waals surface area contributed by atoms with Gasteiger partial charge in [0.2, 0.25) is 0 Å². The fourth-order valence-corrected chi connectivity index (χ4v) is 3.41. The minimum Gasteiger partial charge on any atom is -0.357 e. The summed E-state index contributed by atoms with van der Waals surface area (Å²) in [6.45, 7) is 4.58. The van der Waals surface area contributed by atoms with E-state index < -0.39 is 0 Å². The van der Waals surface area contributed by atoms with Gasteiger partial charge in [0, 0.05) is 32.1 Å². The van der Waals surface area contributed by atoms with Crippen LogP contribution in [-0.2, 0) is 11.8 Å². The highest BCUT2D eigenvalue weighted by atomic mass is 16.2. The average molecular weight is 339 g/mol.